The van der Waals surface area contributed by atoms with Gasteiger partial charge in [-0.25, -0.2) is 0 Å². The Kier molecular flexibility index (Phi) is 5.73. The van der Waals surface area contributed by atoms with Crippen molar-refractivity contribution in [1.82, 2.24) is 5.32 Å². The molecule has 0 atom stereocenters. The third-order valence-electron chi connectivity index (χ3n) is 3.40. The van der Waals surface area contributed by atoms with E-state index >= 15 is 0 Å². The Bertz CT molecular complexity index is 618. The molecule has 2 aromatic rings. The number of ether oxygens (including phenoxy) is 1. The Morgan fingerprint density at radius 3 is 2.41 bits per heavy atom. The van der Waals surface area contributed by atoms with Crippen LogP contribution in [0.4, 0.5) is 0 Å². The first-order valence-corrected chi connectivity index (χ1v) is 7.64. The molecular formula is C19H23NO2. The van der Waals surface area contributed by atoms with Crippen LogP contribution in [0.15, 0.2) is 48.5 Å². The smallest absolute Gasteiger partial charge is 0.159 e. The lowest BCUT2D eigenvalue weighted by molar-refractivity contribution is 0.101. The molecule has 0 bridgehead atoms. The minimum absolute atomic E-state index is 0.0795. The maximum atomic E-state index is 11.4. The highest BCUT2D eigenvalue weighted by atomic mass is 16.5. The van der Waals surface area contributed by atoms with E-state index in [2.05, 4.69) is 19.2 Å². The zero-order valence-corrected chi connectivity index (χ0v) is 13.4. The third kappa shape index (κ3) is 4.43. The van der Waals surface area contributed by atoms with Gasteiger partial charge in [-0.3, -0.25) is 4.79 Å². The van der Waals surface area contributed by atoms with E-state index in [1.807, 2.05) is 48.5 Å². The molecule has 0 unspecified atom stereocenters. The summed E-state index contributed by atoms with van der Waals surface area (Å²) in [4.78, 5) is 11.4. The topological polar surface area (TPSA) is 38.3 Å². The lowest BCUT2D eigenvalue weighted by Gasteiger charge is -2.13. The molecule has 0 fully saturated rings. The van der Waals surface area contributed by atoms with Gasteiger partial charge < -0.3 is 10.1 Å². The number of ketones is 1. The molecule has 0 saturated heterocycles. The lowest BCUT2D eigenvalue weighted by Crippen LogP contribution is -2.27. The summed E-state index contributed by atoms with van der Waals surface area (Å²) < 4.78 is 5.89. The predicted molar refractivity (Wildman–Crippen MR) is 90.5 cm³/mol. The van der Waals surface area contributed by atoms with Crippen molar-refractivity contribution < 1.29 is 9.53 Å². The normalized spacial score (nSPS) is 10.7. The molecule has 22 heavy (non-hydrogen) atoms. The van der Waals surface area contributed by atoms with Gasteiger partial charge in [-0.2, -0.15) is 0 Å². The second-order valence-electron chi connectivity index (χ2n) is 5.59. The summed E-state index contributed by atoms with van der Waals surface area (Å²) in [5, 5.41) is 3.33. The monoisotopic (exact) mass is 297 g/mol. The van der Waals surface area contributed by atoms with Crippen LogP contribution < -0.4 is 10.1 Å². The van der Waals surface area contributed by atoms with Gasteiger partial charge in [0.25, 0.3) is 0 Å². The second-order valence-corrected chi connectivity index (χ2v) is 5.59. The van der Waals surface area contributed by atoms with Gasteiger partial charge in [0, 0.05) is 23.7 Å². The highest BCUT2D eigenvalue weighted by molar-refractivity contribution is 5.94. The molecule has 0 aliphatic carbocycles. The number of para-hydroxylation sites is 1. The average Bonchev–Trinajstić information content (AvgIpc) is 2.52. The fourth-order valence-electron chi connectivity index (χ4n) is 2.22. The number of hydrogen-bond donors (Lipinski definition) is 1. The van der Waals surface area contributed by atoms with E-state index < -0.39 is 0 Å². The molecule has 0 heterocycles. The van der Waals surface area contributed by atoms with Crippen molar-refractivity contribution in [2.45, 2.75) is 26.8 Å². The maximum Gasteiger partial charge on any atom is 0.159 e. The van der Waals surface area contributed by atoms with Crippen molar-refractivity contribution in [1.29, 1.82) is 0 Å². The molecule has 3 nitrogen and oxygen atoms in total. The van der Waals surface area contributed by atoms with Crippen LogP contribution in [0.5, 0.6) is 5.75 Å². The molecule has 2 aromatic carbocycles. The number of carbonyl (C=O) groups is 1. The molecule has 0 aromatic heterocycles. The van der Waals surface area contributed by atoms with E-state index in [1.165, 1.54) is 0 Å². The molecule has 0 amide bonds. The van der Waals surface area contributed by atoms with E-state index in [-0.39, 0.29) is 5.78 Å². The van der Waals surface area contributed by atoms with Crippen LogP contribution in [0.2, 0.25) is 0 Å². The van der Waals surface area contributed by atoms with Gasteiger partial charge in [0.15, 0.2) is 5.78 Å². The first-order valence-electron chi connectivity index (χ1n) is 7.64. The van der Waals surface area contributed by atoms with Crippen LogP contribution in [0.1, 0.15) is 31.1 Å². The summed E-state index contributed by atoms with van der Waals surface area (Å²) >= 11 is 0. The Morgan fingerprint density at radius 1 is 1.09 bits per heavy atom. The minimum Gasteiger partial charge on any atom is -0.492 e. The summed E-state index contributed by atoms with van der Waals surface area (Å²) in [6.45, 7) is 7.25. The summed E-state index contributed by atoms with van der Waals surface area (Å²) in [7, 11) is 0. The van der Waals surface area contributed by atoms with E-state index in [9.17, 15) is 4.79 Å². The number of Topliss-reactive ketones (excluding diaryl/α,β-unsaturated/α-hetero) is 1. The van der Waals surface area contributed by atoms with Gasteiger partial charge in [-0.15, -0.1) is 0 Å². The van der Waals surface area contributed by atoms with Crippen LogP contribution >= 0.6 is 0 Å². The summed E-state index contributed by atoms with van der Waals surface area (Å²) in [6.07, 6.45) is 0. The molecular weight excluding hydrogens is 274 g/mol. The van der Waals surface area contributed by atoms with Crippen molar-refractivity contribution in [3.8, 4) is 16.9 Å². The van der Waals surface area contributed by atoms with Crippen molar-refractivity contribution in [3.05, 3.63) is 54.1 Å². The molecule has 116 valence electrons. The van der Waals surface area contributed by atoms with E-state index in [0.29, 0.717) is 12.6 Å². The van der Waals surface area contributed by atoms with Gasteiger partial charge >= 0.3 is 0 Å². The van der Waals surface area contributed by atoms with Crippen LogP contribution in [0.25, 0.3) is 11.1 Å². The molecule has 0 aliphatic rings. The van der Waals surface area contributed by atoms with Crippen LogP contribution in [-0.2, 0) is 0 Å². The Balaban J connectivity index is 2.12. The average molecular weight is 297 g/mol. The predicted octanol–water partition coefficient (Wildman–Crippen LogP) is 3.93. The number of carbonyl (C=O) groups excluding carboxylic acids is 1. The fraction of sp³-hybridized carbons (Fsp3) is 0.316. The minimum atomic E-state index is 0.0795. The van der Waals surface area contributed by atoms with Crippen molar-refractivity contribution in [2.24, 2.45) is 0 Å². The lowest BCUT2D eigenvalue weighted by atomic mass is 10.0. The molecule has 0 spiro atoms. The zero-order chi connectivity index (χ0) is 15.9. The highest BCUT2D eigenvalue weighted by Gasteiger charge is 2.07. The largest absolute Gasteiger partial charge is 0.492 e. The Hall–Kier alpha value is -2.13. The first kappa shape index (κ1) is 16.2. The SMILES string of the molecule is CC(=O)c1ccc(-c2ccccc2OCCNC(C)C)cc1. The van der Waals surface area contributed by atoms with E-state index in [4.69, 9.17) is 4.74 Å². The zero-order valence-electron chi connectivity index (χ0n) is 13.4. The molecule has 0 radical (unpaired) electrons. The molecule has 2 rings (SSSR count). The molecule has 3 heteroatoms. The highest BCUT2D eigenvalue weighted by Crippen LogP contribution is 2.29. The molecule has 0 saturated carbocycles. The quantitative estimate of drug-likeness (QED) is 0.621. The van der Waals surface area contributed by atoms with Crippen molar-refractivity contribution in [2.75, 3.05) is 13.2 Å². The molecule has 1 N–H and O–H groups in total. The van der Waals surface area contributed by atoms with E-state index in [1.54, 1.807) is 6.92 Å². The Labute approximate surface area is 132 Å². The van der Waals surface area contributed by atoms with Crippen molar-refractivity contribution in [3.63, 3.8) is 0 Å². The van der Waals surface area contributed by atoms with Gasteiger partial charge in [0.1, 0.15) is 12.4 Å². The number of rotatable bonds is 7. The van der Waals surface area contributed by atoms with Crippen molar-refractivity contribution >= 4 is 5.78 Å². The van der Waals surface area contributed by atoms with Crippen LogP contribution in [0, 0.1) is 0 Å². The third-order valence-corrected chi connectivity index (χ3v) is 3.40. The summed E-state index contributed by atoms with van der Waals surface area (Å²) in [6, 6.07) is 16.1. The van der Waals surface area contributed by atoms with Crippen LogP contribution in [0.3, 0.4) is 0 Å². The van der Waals surface area contributed by atoms with Gasteiger partial charge in [-0.05, 0) is 18.6 Å². The summed E-state index contributed by atoms with van der Waals surface area (Å²) in [5.41, 5.74) is 2.82. The molecule has 0 aliphatic heterocycles. The first-order chi connectivity index (χ1) is 10.6. The number of nitrogens with one attached hydrogen (secondary N) is 1. The second kappa shape index (κ2) is 7.76. The summed E-state index contributed by atoms with van der Waals surface area (Å²) in [5.74, 6) is 0.944. The van der Waals surface area contributed by atoms with Gasteiger partial charge in [-0.1, -0.05) is 56.3 Å². The van der Waals surface area contributed by atoms with Crippen LogP contribution in [-0.4, -0.2) is 25.0 Å². The van der Waals surface area contributed by atoms with E-state index in [0.717, 1.165) is 29.0 Å². The Morgan fingerprint density at radius 2 is 1.77 bits per heavy atom. The number of benzene rings is 2. The van der Waals surface area contributed by atoms with Gasteiger partial charge in [0.2, 0.25) is 0 Å². The maximum absolute atomic E-state index is 11.4. The fourth-order valence-corrected chi connectivity index (χ4v) is 2.22. The number of hydrogen-bond acceptors (Lipinski definition) is 3. The van der Waals surface area contributed by atoms with Gasteiger partial charge in [0.05, 0.1) is 0 Å². The standard InChI is InChI=1S/C19H23NO2/c1-14(2)20-12-13-22-19-7-5-4-6-18(19)17-10-8-16(9-11-17)15(3)21/h4-11,14,20H,12-13H2,1-3H3.